The molecule has 28 heavy (non-hydrogen) atoms. The molecular weight excluding hydrogens is 370 g/mol. The number of amides is 1. The normalized spacial score (nSPS) is 10.8. The third-order valence-corrected chi connectivity index (χ3v) is 5.43. The van der Waals surface area contributed by atoms with Crippen molar-refractivity contribution >= 4 is 32.6 Å². The fourth-order valence-electron chi connectivity index (χ4n) is 2.95. The average Bonchev–Trinajstić information content (AvgIpc) is 3.15. The van der Waals surface area contributed by atoms with E-state index in [1.165, 1.54) is 16.9 Å². The first-order valence-corrected chi connectivity index (χ1v) is 9.68. The zero-order valence-corrected chi connectivity index (χ0v) is 16.4. The molecule has 2 aromatic heterocycles. The number of fused-ring (bicyclic) bond motifs is 1. The van der Waals surface area contributed by atoms with Gasteiger partial charge in [0.2, 0.25) is 0 Å². The highest BCUT2D eigenvalue weighted by Gasteiger charge is 2.22. The zero-order chi connectivity index (χ0) is 19.5. The fraction of sp³-hybridized carbons (Fsp3) is 0.136. The number of nitrogens with zero attached hydrogens (tertiary/aromatic N) is 3. The smallest absolute Gasteiger partial charge is 0.260 e. The van der Waals surface area contributed by atoms with Crippen LogP contribution in [0, 0.1) is 6.92 Å². The number of thiazole rings is 1. The Balaban J connectivity index is 1.77. The summed E-state index contributed by atoms with van der Waals surface area (Å²) in [7, 11) is 1.59. The van der Waals surface area contributed by atoms with Gasteiger partial charge in [0, 0.05) is 18.0 Å². The Labute approximate surface area is 167 Å². The molecule has 5 nitrogen and oxygen atoms in total. The van der Waals surface area contributed by atoms with E-state index in [0.717, 1.165) is 15.8 Å². The zero-order valence-electron chi connectivity index (χ0n) is 15.6. The molecule has 0 aliphatic heterocycles. The van der Waals surface area contributed by atoms with Crippen LogP contribution in [0.3, 0.4) is 0 Å². The summed E-state index contributed by atoms with van der Waals surface area (Å²) >= 11 is 1.51. The first-order chi connectivity index (χ1) is 13.6. The molecule has 0 bridgehead atoms. The lowest BCUT2D eigenvalue weighted by Crippen LogP contribution is -2.30. The van der Waals surface area contributed by atoms with Gasteiger partial charge in [-0.2, -0.15) is 0 Å². The van der Waals surface area contributed by atoms with Gasteiger partial charge in [0.15, 0.2) is 5.13 Å². The lowest BCUT2D eigenvalue weighted by molar-refractivity contribution is 0.0985. The topological polar surface area (TPSA) is 55.3 Å². The van der Waals surface area contributed by atoms with Crippen molar-refractivity contribution < 1.29 is 9.53 Å². The van der Waals surface area contributed by atoms with Crippen LogP contribution in [0.2, 0.25) is 0 Å². The van der Waals surface area contributed by atoms with Crippen LogP contribution >= 0.6 is 11.3 Å². The molecule has 4 aromatic rings. The minimum Gasteiger partial charge on any atom is -0.497 e. The predicted octanol–water partition coefficient (Wildman–Crippen LogP) is 4.86. The second kappa shape index (κ2) is 7.78. The van der Waals surface area contributed by atoms with Crippen LogP contribution < -0.4 is 9.64 Å². The van der Waals surface area contributed by atoms with E-state index in [1.54, 1.807) is 36.5 Å². The number of pyridine rings is 1. The highest BCUT2D eigenvalue weighted by atomic mass is 32.1. The molecule has 0 saturated carbocycles. The van der Waals surface area contributed by atoms with E-state index < -0.39 is 0 Å². The Morgan fingerprint density at radius 1 is 1.14 bits per heavy atom. The molecule has 0 radical (unpaired) electrons. The van der Waals surface area contributed by atoms with Crippen LogP contribution in [-0.4, -0.2) is 23.0 Å². The Morgan fingerprint density at radius 3 is 2.82 bits per heavy atom. The van der Waals surface area contributed by atoms with Crippen molar-refractivity contribution in [1.29, 1.82) is 0 Å². The van der Waals surface area contributed by atoms with Crippen molar-refractivity contribution in [2.75, 3.05) is 12.0 Å². The van der Waals surface area contributed by atoms with E-state index in [9.17, 15) is 4.79 Å². The molecular formula is C22H19N3O2S. The van der Waals surface area contributed by atoms with Gasteiger partial charge in [0.05, 0.1) is 23.9 Å². The molecule has 0 unspecified atom stereocenters. The lowest BCUT2D eigenvalue weighted by atomic mass is 10.1. The first-order valence-electron chi connectivity index (χ1n) is 8.86. The molecule has 0 fully saturated rings. The summed E-state index contributed by atoms with van der Waals surface area (Å²) in [6.45, 7) is 2.44. The van der Waals surface area contributed by atoms with Gasteiger partial charge >= 0.3 is 0 Å². The fourth-order valence-corrected chi connectivity index (χ4v) is 4.01. The molecule has 0 aliphatic carbocycles. The molecule has 2 heterocycles. The minimum absolute atomic E-state index is 0.126. The van der Waals surface area contributed by atoms with Crippen LogP contribution in [-0.2, 0) is 6.54 Å². The lowest BCUT2D eigenvalue weighted by Gasteiger charge is -2.20. The number of benzene rings is 2. The van der Waals surface area contributed by atoms with E-state index in [2.05, 4.69) is 11.1 Å². The molecule has 4 rings (SSSR count). The minimum atomic E-state index is -0.126. The standard InChI is InChI=1S/C22H19N3O2S/c1-15-8-9-19-20(11-15)28-22(24-19)25(14-16-5-4-10-23-13-16)21(26)17-6-3-7-18(12-17)27-2/h3-13H,14H2,1-2H3. The summed E-state index contributed by atoms with van der Waals surface area (Å²) in [5.41, 5.74) is 3.55. The summed E-state index contributed by atoms with van der Waals surface area (Å²) in [6.07, 6.45) is 3.49. The molecule has 0 spiro atoms. The number of hydrogen-bond acceptors (Lipinski definition) is 5. The Hall–Kier alpha value is -3.25. The van der Waals surface area contributed by atoms with E-state index in [-0.39, 0.29) is 5.91 Å². The van der Waals surface area contributed by atoms with E-state index in [4.69, 9.17) is 9.72 Å². The summed E-state index contributed by atoms with van der Waals surface area (Å²) in [4.78, 5) is 24.0. The van der Waals surface area contributed by atoms with E-state index in [0.29, 0.717) is 23.0 Å². The van der Waals surface area contributed by atoms with Gasteiger partial charge in [-0.05, 0) is 54.4 Å². The summed E-state index contributed by atoms with van der Waals surface area (Å²) in [6, 6.07) is 17.1. The number of rotatable bonds is 5. The summed E-state index contributed by atoms with van der Waals surface area (Å²) in [5, 5.41) is 0.664. The Kier molecular flexibility index (Phi) is 5.04. The summed E-state index contributed by atoms with van der Waals surface area (Å²) < 4.78 is 6.34. The van der Waals surface area contributed by atoms with Gasteiger partial charge in [0.25, 0.3) is 5.91 Å². The monoisotopic (exact) mass is 389 g/mol. The van der Waals surface area contributed by atoms with Crippen LogP contribution in [0.5, 0.6) is 5.75 Å². The molecule has 140 valence electrons. The number of ether oxygens (including phenoxy) is 1. The van der Waals surface area contributed by atoms with Crippen LogP contribution in [0.1, 0.15) is 21.5 Å². The number of methoxy groups -OCH3 is 1. The van der Waals surface area contributed by atoms with Gasteiger partial charge in [-0.15, -0.1) is 0 Å². The van der Waals surface area contributed by atoms with Crippen molar-refractivity contribution in [3.63, 3.8) is 0 Å². The first kappa shape index (κ1) is 18.1. The van der Waals surface area contributed by atoms with Gasteiger partial charge in [-0.1, -0.05) is 29.5 Å². The third kappa shape index (κ3) is 3.73. The van der Waals surface area contributed by atoms with Gasteiger partial charge in [0.1, 0.15) is 5.75 Å². The molecule has 1 amide bonds. The van der Waals surface area contributed by atoms with Crippen molar-refractivity contribution in [2.24, 2.45) is 0 Å². The number of aromatic nitrogens is 2. The molecule has 0 aliphatic rings. The van der Waals surface area contributed by atoms with E-state index in [1.807, 2.05) is 43.3 Å². The highest BCUT2D eigenvalue weighted by Crippen LogP contribution is 2.31. The number of carbonyl (C=O) groups excluding carboxylic acids is 1. The SMILES string of the molecule is COc1cccc(C(=O)N(Cc2cccnc2)c2nc3ccc(C)cc3s2)c1. The maximum Gasteiger partial charge on any atom is 0.260 e. The largest absolute Gasteiger partial charge is 0.497 e. The third-order valence-electron chi connectivity index (χ3n) is 4.39. The van der Waals surface area contributed by atoms with Gasteiger partial charge in [-0.25, -0.2) is 4.98 Å². The molecule has 0 atom stereocenters. The highest BCUT2D eigenvalue weighted by molar-refractivity contribution is 7.22. The van der Waals surface area contributed by atoms with Crippen molar-refractivity contribution in [3.8, 4) is 5.75 Å². The number of hydrogen-bond donors (Lipinski definition) is 0. The van der Waals surface area contributed by atoms with Crippen molar-refractivity contribution in [3.05, 3.63) is 83.7 Å². The number of carbonyl (C=O) groups is 1. The maximum absolute atomic E-state index is 13.4. The molecule has 2 aromatic carbocycles. The Bertz CT molecular complexity index is 1130. The number of aryl methyl sites for hydroxylation is 1. The summed E-state index contributed by atoms with van der Waals surface area (Å²) in [5.74, 6) is 0.519. The Morgan fingerprint density at radius 2 is 2.04 bits per heavy atom. The van der Waals surface area contributed by atoms with Crippen LogP contribution in [0.25, 0.3) is 10.2 Å². The second-order valence-corrected chi connectivity index (χ2v) is 7.46. The van der Waals surface area contributed by atoms with Crippen molar-refractivity contribution in [2.45, 2.75) is 13.5 Å². The van der Waals surface area contributed by atoms with Crippen molar-refractivity contribution in [1.82, 2.24) is 9.97 Å². The van der Waals surface area contributed by atoms with Crippen LogP contribution in [0.4, 0.5) is 5.13 Å². The second-order valence-electron chi connectivity index (χ2n) is 6.45. The maximum atomic E-state index is 13.4. The quantitative estimate of drug-likeness (QED) is 0.489. The predicted molar refractivity (Wildman–Crippen MR) is 112 cm³/mol. The molecule has 0 saturated heterocycles. The van der Waals surface area contributed by atoms with Gasteiger partial charge < -0.3 is 4.74 Å². The average molecular weight is 389 g/mol. The van der Waals surface area contributed by atoms with Gasteiger partial charge in [-0.3, -0.25) is 14.7 Å². The molecule has 0 N–H and O–H groups in total. The molecule has 6 heteroatoms. The van der Waals surface area contributed by atoms with E-state index >= 15 is 0 Å². The number of anilines is 1. The van der Waals surface area contributed by atoms with Crippen LogP contribution in [0.15, 0.2) is 67.0 Å².